The van der Waals surface area contributed by atoms with E-state index in [0.29, 0.717) is 17.0 Å². The molecule has 0 unspecified atom stereocenters. The van der Waals surface area contributed by atoms with Gasteiger partial charge in [0.15, 0.2) is 0 Å². The number of rotatable bonds is 5. The van der Waals surface area contributed by atoms with Gasteiger partial charge in [-0.1, -0.05) is 11.8 Å². The lowest BCUT2D eigenvalue weighted by Gasteiger charge is -2.29. The average Bonchev–Trinajstić information content (AvgIpc) is 3.15. The quantitative estimate of drug-likeness (QED) is 0.817. The van der Waals surface area contributed by atoms with Crippen molar-refractivity contribution in [2.75, 3.05) is 5.75 Å². The SMILES string of the molecule is Cc1cnn(C2CCC(NC(=O)CSc3n[nH]c(C)n3)CC2)c1. The number of nitrogens with zero attached hydrogens (tertiary/aromatic N) is 4. The van der Waals surface area contributed by atoms with Gasteiger partial charge in [0.1, 0.15) is 5.82 Å². The van der Waals surface area contributed by atoms with Crippen molar-refractivity contribution in [3.05, 3.63) is 23.8 Å². The fraction of sp³-hybridized carbons (Fsp3) is 0.600. The fourth-order valence-corrected chi connectivity index (χ4v) is 3.56. The van der Waals surface area contributed by atoms with Gasteiger partial charge in [-0.3, -0.25) is 14.6 Å². The Hall–Kier alpha value is -1.83. The van der Waals surface area contributed by atoms with E-state index in [2.05, 4.69) is 43.4 Å². The Bertz CT molecular complexity index is 658. The van der Waals surface area contributed by atoms with Gasteiger partial charge >= 0.3 is 0 Å². The van der Waals surface area contributed by atoms with E-state index in [4.69, 9.17) is 0 Å². The number of aromatic amines is 1. The maximum atomic E-state index is 12.0. The monoisotopic (exact) mass is 334 g/mol. The van der Waals surface area contributed by atoms with Crippen LogP contribution >= 0.6 is 11.8 Å². The van der Waals surface area contributed by atoms with Gasteiger partial charge in [0.05, 0.1) is 18.0 Å². The van der Waals surface area contributed by atoms with Crippen molar-refractivity contribution in [2.45, 2.75) is 56.8 Å². The molecule has 1 saturated carbocycles. The Kier molecular flexibility index (Phi) is 5.00. The first-order chi connectivity index (χ1) is 11.1. The highest BCUT2D eigenvalue weighted by Gasteiger charge is 2.24. The number of aromatic nitrogens is 5. The minimum atomic E-state index is 0.0517. The number of carbonyl (C=O) groups is 1. The molecular formula is C15H22N6OS. The van der Waals surface area contributed by atoms with Crippen LogP contribution in [0.3, 0.4) is 0 Å². The third-order valence-electron chi connectivity index (χ3n) is 4.08. The molecule has 23 heavy (non-hydrogen) atoms. The Morgan fingerprint density at radius 3 is 2.78 bits per heavy atom. The van der Waals surface area contributed by atoms with E-state index in [1.165, 1.54) is 17.3 Å². The van der Waals surface area contributed by atoms with E-state index >= 15 is 0 Å². The highest BCUT2D eigenvalue weighted by molar-refractivity contribution is 7.99. The normalized spacial score (nSPS) is 21.3. The molecule has 3 rings (SSSR count). The smallest absolute Gasteiger partial charge is 0.230 e. The van der Waals surface area contributed by atoms with Crippen LogP contribution in [0.25, 0.3) is 0 Å². The lowest BCUT2D eigenvalue weighted by atomic mass is 9.91. The summed E-state index contributed by atoms with van der Waals surface area (Å²) in [5.74, 6) is 1.17. The average molecular weight is 334 g/mol. The van der Waals surface area contributed by atoms with E-state index in [1.54, 1.807) is 0 Å². The van der Waals surface area contributed by atoms with Gasteiger partial charge in [0.2, 0.25) is 11.1 Å². The predicted molar refractivity (Wildman–Crippen MR) is 88.2 cm³/mol. The maximum absolute atomic E-state index is 12.0. The molecule has 1 aliphatic carbocycles. The fourth-order valence-electron chi connectivity index (χ4n) is 2.90. The molecule has 2 N–H and O–H groups in total. The molecule has 0 atom stereocenters. The minimum absolute atomic E-state index is 0.0517. The molecule has 2 aromatic heterocycles. The lowest BCUT2D eigenvalue weighted by Crippen LogP contribution is -2.39. The molecule has 2 aromatic rings. The summed E-state index contributed by atoms with van der Waals surface area (Å²) in [5.41, 5.74) is 1.19. The van der Waals surface area contributed by atoms with Crippen LogP contribution in [0.1, 0.15) is 43.1 Å². The van der Waals surface area contributed by atoms with Gasteiger partial charge in [-0.2, -0.15) is 5.10 Å². The van der Waals surface area contributed by atoms with Crippen LogP contribution in [0.2, 0.25) is 0 Å². The second kappa shape index (κ2) is 7.16. The summed E-state index contributed by atoms with van der Waals surface area (Å²) >= 11 is 1.36. The largest absolute Gasteiger partial charge is 0.353 e. The van der Waals surface area contributed by atoms with Crippen LogP contribution in [0.5, 0.6) is 0 Å². The first kappa shape index (κ1) is 16.0. The van der Waals surface area contributed by atoms with E-state index < -0.39 is 0 Å². The first-order valence-corrected chi connectivity index (χ1v) is 8.90. The number of aryl methyl sites for hydroxylation is 2. The second-order valence-corrected chi connectivity index (χ2v) is 7.01. The summed E-state index contributed by atoms with van der Waals surface area (Å²) in [4.78, 5) is 16.2. The molecule has 1 aliphatic rings. The molecule has 2 heterocycles. The van der Waals surface area contributed by atoms with Crippen LogP contribution in [0.15, 0.2) is 17.6 Å². The zero-order chi connectivity index (χ0) is 16.2. The molecular weight excluding hydrogens is 312 g/mol. The van der Waals surface area contributed by atoms with Gasteiger partial charge < -0.3 is 5.32 Å². The standard InChI is InChI=1S/C15H22N6OS/c1-10-7-16-21(8-10)13-5-3-12(4-6-13)18-14(22)9-23-15-17-11(2)19-20-15/h7-8,12-13H,3-6,9H2,1-2H3,(H,18,22)(H,17,19,20). The summed E-state index contributed by atoms with van der Waals surface area (Å²) in [6, 6.07) is 0.729. The van der Waals surface area contributed by atoms with E-state index in [9.17, 15) is 4.79 Å². The third-order valence-corrected chi connectivity index (χ3v) is 4.92. The highest BCUT2D eigenvalue weighted by Crippen LogP contribution is 2.28. The molecule has 0 spiro atoms. The minimum Gasteiger partial charge on any atom is -0.353 e. The molecule has 1 amide bonds. The van der Waals surface area contributed by atoms with Crippen molar-refractivity contribution in [1.82, 2.24) is 30.3 Å². The zero-order valence-corrected chi connectivity index (χ0v) is 14.3. The summed E-state index contributed by atoms with van der Waals surface area (Å²) in [5, 5.41) is 14.9. The van der Waals surface area contributed by atoms with Crippen LogP contribution in [0, 0.1) is 13.8 Å². The van der Waals surface area contributed by atoms with Crippen molar-refractivity contribution < 1.29 is 4.79 Å². The second-order valence-electron chi connectivity index (χ2n) is 6.06. The number of thioether (sulfide) groups is 1. The van der Waals surface area contributed by atoms with Gasteiger partial charge in [-0.25, -0.2) is 4.98 Å². The Labute approximate surface area is 139 Å². The number of hydrogen-bond acceptors (Lipinski definition) is 5. The van der Waals surface area contributed by atoms with E-state index in [1.807, 2.05) is 13.1 Å². The Morgan fingerprint density at radius 1 is 1.39 bits per heavy atom. The highest BCUT2D eigenvalue weighted by atomic mass is 32.2. The summed E-state index contributed by atoms with van der Waals surface area (Å²) in [6.45, 7) is 3.90. The number of carbonyl (C=O) groups excluding carboxylic acids is 1. The van der Waals surface area contributed by atoms with Crippen LogP contribution in [0.4, 0.5) is 0 Å². The Balaban J connectivity index is 1.40. The molecule has 1 fully saturated rings. The van der Waals surface area contributed by atoms with E-state index in [0.717, 1.165) is 31.5 Å². The number of hydrogen-bond donors (Lipinski definition) is 2. The van der Waals surface area contributed by atoms with Crippen molar-refractivity contribution in [2.24, 2.45) is 0 Å². The van der Waals surface area contributed by atoms with Gasteiger partial charge in [0.25, 0.3) is 0 Å². The van der Waals surface area contributed by atoms with Gasteiger partial charge in [-0.05, 0) is 45.1 Å². The zero-order valence-electron chi connectivity index (χ0n) is 13.5. The van der Waals surface area contributed by atoms with Crippen LogP contribution < -0.4 is 5.32 Å². The van der Waals surface area contributed by atoms with Crippen molar-refractivity contribution in [3.8, 4) is 0 Å². The van der Waals surface area contributed by atoms with Crippen molar-refractivity contribution in [3.63, 3.8) is 0 Å². The molecule has 0 aromatic carbocycles. The molecule has 7 nitrogen and oxygen atoms in total. The van der Waals surface area contributed by atoms with Crippen molar-refractivity contribution in [1.29, 1.82) is 0 Å². The predicted octanol–water partition coefficient (Wildman–Crippen LogP) is 2.01. The molecule has 8 heteroatoms. The molecule has 0 bridgehead atoms. The van der Waals surface area contributed by atoms with E-state index in [-0.39, 0.29) is 11.9 Å². The first-order valence-electron chi connectivity index (χ1n) is 7.92. The van der Waals surface area contributed by atoms with Gasteiger partial charge in [-0.15, -0.1) is 5.10 Å². The molecule has 0 saturated heterocycles. The summed E-state index contributed by atoms with van der Waals surface area (Å²) in [7, 11) is 0. The summed E-state index contributed by atoms with van der Waals surface area (Å²) in [6.07, 6.45) is 8.10. The molecule has 0 radical (unpaired) electrons. The number of H-pyrrole nitrogens is 1. The maximum Gasteiger partial charge on any atom is 0.230 e. The molecule has 124 valence electrons. The molecule has 0 aliphatic heterocycles. The Morgan fingerprint density at radius 2 is 2.17 bits per heavy atom. The number of amides is 1. The third kappa shape index (κ3) is 4.34. The topological polar surface area (TPSA) is 88.5 Å². The van der Waals surface area contributed by atoms with Crippen molar-refractivity contribution >= 4 is 17.7 Å². The van der Waals surface area contributed by atoms with Gasteiger partial charge in [0, 0.05) is 12.2 Å². The number of nitrogens with one attached hydrogen (secondary N) is 2. The lowest BCUT2D eigenvalue weighted by molar-refractivity contribution is -0.119. The summed E-state index contributed by atoms with van der Waals surface area (Å²) < 4.78 is 2.06. The van der Waals surface area contributed by atoms with Crippen LogP contribution in [-0.4, -0.2) is 42.7 Å². The van der Waals surface area contributed by atoms with Crippen LogP contribution in [-0.2, 0) is 4.79 Å².